The first-order valence-corrected chi connectivity index (χ1v) is 9.54. The van der Waals surface area contributed by atoms with Crippen molar-refractivity contribution in [2.24, 2.45) is 4.99 Å². The first kappa shape index (κ1) is 18.9. The number of hydrogen-bond donors (Lipinski definition) is 1. The SMILES string of the molecule is Cc1ccc(N=Cc2c(Nc3cccc(Cl)c3)nc3c(C)cccn3c2=O)cc1. The van der Waals surface area contributed by atoms with Gasteiger partial charge in [-0.25, -0.2) is 4.98 Å². The van der Waals surface area contributed by atoms with Crippen LogP contribution in [0.1, 0.15) is 16.7 Å². The Morgan fingerprint density at radius 1 is 1.07 bits per heavy atom. The van der Waals surface area contributed by atoms with Gasteiger partial charge < -0.3 is 5.32 Å². The van der Waals surface area contributed by atoms with Crippen molar-refractivity contribution in [3.63, 3.8) is 0 Å². The lowest BCUT2D eigenvalue weighted by Gasteiger charge is -2.12. The van der Waals surface area contributed by atoms with Crippen LogP contribution < -0.4 is 10.9 Å². The zero-order valence-electron chi connectivity index (χ0n) is 16.1. The zero-order chi connectivity index (χ0) is 20.4. The van der Waals surface area contributed by atoms with Crippen LogP contribution in [0.5, 0.6) is 0 Å². The van der Waals surface area contributed by atoms with Gasteiger partial charge in [-0.3, -0.25) is 14.2 Å². The number of nitrogens with zero attached hydrogens (tertiary/aromatic N) is 3. The summed E-state index contributed by atoms with van der Waals surface area (Å²) in [6, 6.07) is 18.8. The molecule has 0 aliphatic heterocycles. The zero-order valence-corrected chi connectivity index (χ0v) is 16.8. The highest BCUT2D eigenvalue weighted by molar-refractivity contribution is 6.30. The highest BCUT2D eigenvalue weighted by Crippen LogP contribution is 2.21. The number of fused-ring (bicyclic) bond motifs is 1. The molecule has 0 fully saturated rings. The summed E-state index contributed by atoms with van der Waals surface area (Å²) in [5.41, 5.74) is 4.32. The standard InChI is InChI=1S/C23H19ClN4O/c1-15-8-10-18(11-9-15)25-14-20-21(26-19-7-3-6-17(24)13-19)27-22-16(2)5-4-12-28(22)23(20)29/h3-14,26H,1-2H3. The third-order valence-corrected chi connectivity index (χ3v) is 4.78. The Morgan fingerprint density at radius 3 is 2.62 bits per heavy atom. The molecule has 0 saturated carbocycles. The molecule has 29 heavy (non-hydrogen) atoms. The Balaban J connectivity index is 1.86. The van der Waals surface area contributed by atoms with Crippen molar-refractivity contribution >= 4 is 40.7 Å². The van der Waals surface area contributed by atoms with E-state index in [1.165, 1.54) is 4.40 Å². The highest BCUT2D eigenvalue weighted by Gasteiger charge is 2.13. The summed E-state index contributed by atoms with van der Waals surface area (Å²) in [4.78, 5) is 22.4. The van der Waals surface area contributed by atoms with E-state index in [2.05, 4.69) is 10.3 Å². The van der Waals surface area contributed by atoms with Gasteiger partial charge >= 0.3 is 0 Å². The Kier molecular flexibility index (Phi) is 5.14. The molecule has 4 aromatic rings. The average molecular weight is 403 g/mol. The molecule has 0 amide bonds. The van der Waals surface area contributed by atoms with Gasteiger partial charge in [-0.1, -0.05) is 41.4 Å². The van der Waals surface area contributed by atoms with Crippen LogP contribution in [-0.4, -0.2) is 15.6 Å². The largest absolute Gasteiger partial charge is 0.339 e. The number of aliphatic imine (C=N–C) groups is 1. The molecular formula is C23H19ClN4O. The van der Waals surface area contributed by atoms with Gasteiger partial charge in [-0.05, 0) is 55.8 Å². The normalized spacial score (nSPS) is 11.3. The molecule has 6 heteroatoms. The van der Waals surface area contributed by atoms with Crippen LogP contribution in [0.3, 0.4) is 0 Å². The molecule has 0 aliphatic rings. The van der Waals surface area contributed by atoms with Crippen LogP contribution in [0, 0.1) is 13.8 Å². The van der Waals surface area contributed by atoms with Crippen molar-refractivity contribution in [1.82, 2.24) is 9.38 Å². The van der Waals surface area contributed by atoms with Crippen LogP contribution >= 0.6 is 11.6 Å². The second-order valence-electron chi connectivity index (χ2n) is 6.79. The van der Waals surface area contributed by atoms with Gasteiger partial charge in [0.05, 0.1) is 5.69 Å². The third-order valence-electron chi connectivity index (χ3n) is 4.55. The molecule has 0 aliphatic carbocycles. The molecule has 144 valence electrons. The minimum absolute atomic E-state index is 0.195. The Bertz CT molecular complexity index is 1280. The molecule has 0 saturated heterocycles. The summed E-state index contributed by atoms with van der Waals surface area (Å²) in [5.74, 6) is 0.433. The molecule has 0 atom stereocenters. The average Bonchev–Trinajstić information content (AvgIpc) is 2.70. The molecule has 1 N–H and O–H groups in total. The van der Waals surface area contributed by atoms with E-state index in [0.717, 1.165) is 22.5 Å². The van der Waals surface area contributed by atoms with Gasteiger partial charge in [-0.2, -0.15) is 0 Å². The van der Waals surface area contributed by atoms with Crippen molar-refractivity contribution < 1.29 is 0 Å². The summed E-state index contributed by atoms with van der Waals surface area (Å²) in [6.45, 7) is 3.94. The fourth-order valence-corrected chi connectivity index (χ4v) is 3.19. The van der Waals surface area contributed by atoms with Crippen LogP contribution in [0.2, 0.25) is 5.02 Å². The fraction of sp³-hybridized carbons (Fsp3) is 0.0870. The van der Waals surface area contributed by atoms with Crippen LogP contribution in [0.15, 0.2) is 76.6 Å². The molecule has 5 nitrogen and oxygen atoms in total. The summed E-state index contributed by atoms with van der Waals surface area (Å²) >= 11 is 6.10. The maximum Gasteiger partial charge on any atom is 0.268 e. The first-order chi connectivity index (χ1) is 14.0. The molecule has 2 heterocycles. The van der Waals surface area contributed by atoms with Crippen molar-refractivity contribution in [2.45, 2.75) is 13.8 Å². The maximum atomic E-state index is 13.2. The quantitative estimate of drug-likeness (QED) is 0.461. The predicted molar refractivity (Wildman–Crippen MR) is 119 cm³/mol. The van der Waals surface area contributed by atoms with Crippen LogP contribution in [0.4, 0.5) is 17.2 Å². The highest BCUT2D eigenvalue weighted by atomic mass is 35.5. The van der Waals surface area contributed by atoms with Gasteiger partial charge in [0.25, 0.3) is 5.56 Å². The number of nitrogens with one attached hydrogen (secondary N) is 1. The van der Waals surface area contributed by atoms with Gasteiger partial charge in [0.15, 0.2) is 0 Å². The van der Waals surface area contributed by atoms with E-state index in [0.29, 0.717) is 22.1 Å². The van der Waals surface area contributed by atoms with Crippen molar-refractivity contribution in [3.8, 4) is 0 Å². The number of aryl methyl sites for hydroxylation is 2. The summed E-state index contributed by atoms with van der Waals surface area (Å²) in [5, 5.41) is 3.81. The van der Waals surface area contributed by atoms with E-state index in [4.69, 9.17) is 16.6 Å². The lowest BCUT2D eigenvalue weighted by molar-refractivity contribution is 1.03. The van der Waals surface area contributed by atoms with Crippen molar-refractivity contribution in [2.75, 3.05) is 5.32 Å². The fourth-order valence-electron chi connectivity index (χ4n) is 3.00. The lowest BCUT2D eigenvalue weighted by atomic mass is 10.2. The van der Waals surface area contributed by atoms with Crippen LogP contribution in [-0.2, 0) is 0 Å². The molecule has 2 aromatic carbocycles. The van der Waals surface area contributed by atoms with Gasteiger partial charge in [0.2, 0.25) is 0 Å². The summed E-state index contributed by atoms with van der Waals surface area (Å²) in [6.07, 6.45) is 3.27. The molecule has 2 aromatic heterocycles. The minimum Gasteiger partial charge on any atom is -0.339 e. The number of pyridine rings is 1. The van der Waals surface area contributed by atoms with Gasteiger partial charge in [0.1, 0.15) is 17.0 Å². The summed E-state index contributed by atoms with van der Waals surface area (Å²) in [7, 11) is 0. The van der Waals surface area contributed by atoms with E-state index in [1.54, 1.807) is 24.5 Å². The van der Waals surface area contributed by atoms with E-state index < -0.39 is 0 Å². The molecule has 0 radical (unpaired) electrons. The Labute approximate surface area is 173 Å². The molecule has 0 spiro atoms. The smallest absolute Gasteiger partial charge is 0.268 e. The summed E-state index contributed by atoms with van der Waals surface area (Å²) < 4.78 is 1.54. The van der Waals surface area contributed by atoms with E-state index in [1.807, 2.05) is 62.4 Å². The minimum atomic E-state index is -0.195. The lowest BCUT2D eigenvalue weighted by Crippen LogP contribution is -2.22. The third kappa shape index (κ3) is 4.05. The Hall–Kier alpha value is -3.44. The second kappa shape index (κ2) is 7.89. The van der Waals surface area contributed by atoms with Crippen molar-refractivity contribution in [1.29, 1.82) is 0 Å². The number of aromatic nitrogens is 2. The Morgan fingerprint density at radius 2 is 1.86 bits per heavy atom. The van der Waals surface area contributed by atoms with E-state index in [9.17, 15) is 4.79 Å². The number of benzene rings is 2. The van der Waals surface area contributed by atoms with Gasteiger partial charge in [0, 0.05) is 23.1 Å². The first-order valence-electron chi connectivity index (χ1n) is 9.16. The number of anilines is 2. The topological polar surface area (TPSA) is 58.8 Å². The van der Waals surface area contributed by atoms with E-state index in [-0.39, 0.29) is 5.56 Å². The molecule has 4 rings (SSSR count). The molecule has 0 unspecified atom stereocenters. The monoisotopic (exact) mass is 402 g/mol. The predicted octanol–water partition coefficient (Wildman–Crippen LogP) is 5.46. The maximum absolute atomic E-state index is 13.2. The number of halogens is 1. The van der Waals surface area contributed by atoms with Gasteiger partial charge in [-0.15, -0.1) is 0 Å². The second-order valence-corrected chi connectivity index (χ2v) is 7.23. The number of hydrogen-bond acceptors (Lipinski definition) is 4. The van der Waals surface area contributed by atoms with Crippen molar-refractivity contribution in [3.05, 3.63) is 98.9 Å². The molecule has 0 bridgehead atoms. The van der Waals surface area contributed by atoms with E-state index >= 15 is 0 Å². The molecular weight excluding hydrogens is 384 g/mol. The number of rotatable bonds is 4. The van der Waals surface area contributed by atoms with Crippen LogP contribution in [0.25, 0.3) is 5.65 Å².